The third-order valence-electron chi connectivity index (χ3n) is 2.13. The number of hydrogen-bond donors (Lipinski definition) is 2. The van der Waals surface area contributed by atoms with Crippen LogP contribution in [0.15, 0.2) is 18.3 Å². The Kier molecular flexibility index (Phi) is 5.19. The first-order chi connectivity index (χ1) is 6.86. The van der Waals surface area contributed by atoms with E-state index in [1.165, 1.54) is 12.8 Å². The molecule has 0 amide bonds. The van der Waals surface area contributed by atoms with E-state index >= 15 is 0 Å². The quantitative estimate of drug-likeness (QED) is 0.672. The fraction of sp³-hybridized carbons (Fsp3) is 0.545. The highest BCUT2D eigenvalue weighted by Crippen LogP contribution is 2.00. The predicted molar refractivity (Wildman–Crippen MR) is 58.7 cm³/mol. The average Bonchev–Trinajstić information content (AvgIpc) is 2.25. The maximum absolute atomic E-state index is 5.55. The first-order valence-electron chi connectivity index (χ1n) is 5.21. The van der Waals surface area contributed by atoms with Crippen molar-refractivity contribution < 1.29 is 0 Å². The van der Waals surface area contributed by atoms with Crippen LogP contribution in [0, 0.1) is 0 Å². The average molecular weight is 193 g/mol. The smallest absolute Gasteiger partial charge is 0.0544 e. The zero-order chi connectivity index (χ0) is 10.2. The van der Waals surface area contributed by atoms with Crippen molar-refractivity contribution in [3.8, 4) is 0 Å². The van der Waals surface area contributed by atoms with Gasteiger partial charge in [-0.05, 0) is 30.7 Å². The molecule has 3 N–H and O–H groups in total. The summed E-state index contributed by atoms with van der Waals surface area (Å²) in [7, 11) is 0. The second-order valence-corrected chi connectivity index (χ2v) is 3.39. The molecule has 3 nitrogen and oxygen atoms in total. The molecule has 0 aliphatic heterocycles. The standard InChI is InChI=1S/C11H19N3/c1-2-3-5-13-9-11-7-10(8-12)4-6-14-11/h4,6-7,13H,2-3,5,8-9,12H2,1H3. The van der Waals surface area contributed by atoms with Crippen molar-refractivity contribution in [2.24, 2.45) is 5.73 Å². The molecule has 0 spiro atoms. The van der Waals surface area contributed by atoms with Crippen LogP contribution in [0.3, 0.4) is 0 Å². The van der Waals surface area contributed by atoms with Gasteiger partial charge in [0.25, 0.3) is 0 Å². The molecule has 1 rings (SSSR count). The molecule has 0 radical (unpaired) electrons. The lowest BCUT2D eigenvalue weighted by Crippen LogP contribution is -2.15. The van der Waals surface area contributed by atoms with Gasteiger partial charge in [0.1, 0.15) is 0 Å². The predicted octanol–water partition coefficient (Wildman–Crippen LogP) is 1.43. The number of nitrogens with two attached hydrogens (primary N) is 1. The van der Waals surface area contributed by atoms with Crippen molar-refractivity contribution in [1.82, 2.24) is 10.3 Å². The van der Waals surface area contributed by atoms with Crippen molar-refractivity contribution in [1.29, 1.82) is 0 Å². The monoisotopic (exact) mass is 193 g/mol. The van der Waals surface area contributed by atoms with Gasteiger partial charge in [-0.2, -0.15) is 0 Å². The van der Waals surface area contributed by atoms with E-state index in [1.54, 1.807) is 0 Å². The topological polar surface area (TPSA) is 50.9 Å². The van der Waals surface area contributed by atoms with Crippen LogP contribution in [-0.4, -0.2) is 11.5 Å². The van der Waals surface area contributed by atoms with Crippen molar-refractivity contribution in [2.45, 2.75) is 32.9 Å². The van der Waals surface area contributed by atoms with Gasteiger partial charge >= 0.3 is 0 Å². The number of nitrogens with zero attached hydrogens (tertiary/aromatic N) is 1. The minimum absolute atomic E-state index is 0.588. The van der Waals surface area contributed by atoms with Crippen LogP contribution in [0.1, 0.15) is 31.0 Å². The SMILES string of the molecule is CCCCNCc1cc(CN)ccn1. The molecule has 1 aromatic heterocycles. The van der Waals surface area contributed by atoms with E-state index < -0.39 is 0 Å². The van der Waals surface area contributed by atoms with E-state index in [2.05, 4.69) is 23.3 Å². The van der Waals surface area contributed by atoms with Crippen LogP contribution in [0.25, 0.3) is 0 Å². The molecule has 0 unspecified atom stereocenters. The molecule has 0 aromatic carbocycles. The van der Waals surface area contributed by atoms with Crippen LogP contribution in [0.4, 0.5) is 0 Å². The summed E-state index contributed by atoms with van der Waals surface area (Å²) < 4.78 is 0. The summed E-state index contributed by atoms with van der Waals surface area (Å²) in [5.41, 5.74) is 7.77. The minimum atomic E-state index is 0.588. The number of rotatable bonds is 6. The Labute approximate surface area is 85.7 Å². The van der Waals surface area contributed by atoms with Gasteiger partial charge in [-0.15, -0.1) is 0 Å². The van der Waals surface area contributed by atoms with E-state index in [-0.39, 0.29) is 0 Å². The zero-order valence-corrected chi connectivity index (χ0v) is 8.79. The van der Waals surface area contributed by atoms with Crippen molar-refractivity contribution >= 4 is 0 Å². The third kappa shape index (κ3) is 3.85. The summed E-state index contributed by atoms with van der Waals surface area (Å²) in [4.78, 5) is 4.27. The highest BCUT2D eigenvalue weighted by molar-refractivity contribution is 5.15. The molecular formula is C11H19N3. The van der Waals surface area contributed by atoms with Gasteiger partial charge in [-0.25, -0.2) is 0 Å². The summed E-state index contributed by atoms with van der Waals surface area (Å²) in [5, 5.41) is 3.35. The van der Waals surface area contributed by atoms with Crippen molar-refractivity contribution in [3.63, 3.8) is 0 Å². The Bertz CT molecular complexity index is 260. The van der Waals surface area contributed by atoms with Crippen LogP contribution in [0.2, 0.25) is 0 Å². The van der Waals surface area contributed by atoms with Crippen molar-refractivity contribution in [2.75, 3.05) is 6.54 Å². The molecular weight excluding hydrogens is 174 g/mol. The van der Waals surface area contributed by atoms with Crippen LogP contribution >= 0.6 is 0 Å². The number of unbranched alkanes of at least 4 members (excludes halogenated alkanes) is 1. The molecule has 0 saturated heterocycles. The minimum Gasteiger partial charge on any atom is -0.326 e. The largest absolute Gasteiger partial charge is 0.326 e. The first-order valence-corrected chi connectivity index (χ1v) is 5.21. The van der Waals surface area contributed by atoms with E-state index in [9.17, 15) is 0 Å². The summed E-state index contributed by atoms with van der Waals surface area (Å²) in [6.45, 7) is 4.68. The summed E-state index contributed by atoms with van der Waals surface area (Å²) in [6.07, 6.45) is 4.26. The summed E-state index contributed by atoms with van der Waals surface area (Å²) in [6, 6.07) is 4.01. The Hall–Kier alpha value is -0.930. The van der Waals surface area contributed by atoms with Gasteiger partial charge in [0, 0.05) is 19.3 Å². The van der Waals surface area contributed by atoms with Gasteiger partial charge in [0.15, 0.2) is 0 Å². The number of nitrogens with one attached hydrogen (secondary N) is 1. The van der Waals surface area contributed by atoms with E-state index in [4.69, 9.17) is 5.73 Å². The Morgan fingerprint density at radius 2 is 2.36 bits per heavy atom. The molecule has 78 valence electrons. The van der Waals surface area contributed by atoms with E-state index in [0.29, 0.717) is 6.54 Å². The lowest BCUT2D eigenvalue weighted by Gasteiger charge is -2.04. The second-order valence-electron chi connectivity index (χ2n) is 3.39. The second kappa shape index (κ2) is 6.51. The van der Waals surface area contributed by atoms with Crippen LogP contribution < -0.4 is 11.1 Å². The zero-order valence-electron chi connectivity index (χ0n) is 8.79. The highest BCUT2D eigenvalue weighted by Gasteiger charge is 1.95. The third-order valence-corrected chi connectivity index (χ3v) is 2.13. The molecule has 0 bridgehead atoms. The van der Waals surface area contributed by atoms with Gasteiger partial charge < -0.3 is 11.1 Å². The van der Waals surface area contributed by atoms with Gasteiger partial charge in [-0.1, -0.05) is 13.3 Å². The molecule has 0 saturated carbocycles. The van der Waals surface area contributed by atoms with E-state index in [1.807, 2.05) is 12.3 Å². The van der Waals surface area contributed by atoms with Gasteiger partial charge in [0.2, 0.25) is 0 Å². The number of hydrogen-bond acceptors (Lipinski definition) is 3. The first kappa shape index (κ1) is 11.1. The fourth-order valence-electron chi connectivity index (χ4n) is 1.27. The molecule has 14 heavy (non-hydrogen) atoms. The Morgan fingerprint density at radius 3 is 3.07 bits per heavy atom. The van der Waals surface area contributed by atoms with Crippen LogP contribution in [0.5, 0.6) is 0 Å². The lowest BCUT2D eigenvalue weighted by molar-refractivity contribution is 0.633. The molecule has 0 aliphatic carbocycles. The Morgan fingerprint density at radius 1 is 1.50 bits per heavy atom. The molecule has 3 heteroatoms. The van der Waals surface area contributed by atoms with Gasteiger partial charge in [0.05, 0.1) is 5.69 Å². The lowest BCUT2D eigenvalue weighted by atomic mass is 10.2. The molecule has 1 aromatic rings. The summed E-state index contributed by atoms with van der Waals surface area (Å²) >= 11 is 0. The molecule has 1 heterocycles. The molecule has 0 atom stereocenters. The maximum Gasteiger partial charge on any atom is 0.0544 e. The number of pyridine rings is 1. The van der Waals surface area contributed by atoms with Gasteiger partial charge in [-0.3, -0.25) is 4.98 Å². The normalized spacial score (nSPS) is 10.4. The highest BCUT2D eigenvalue weighted by atomic mass is 14.9. The molecule has 0 fully saturated rings. The van der Waals surface area contributed by atoms with Crippen LogP contribution in [-0.2, 0) is 13.1 Å². The fourth-order valence-corrected chi connectivity index (χ4v) is 1.27. The van der Waals surface area contributed by atoms with E-state index in [0.717, 1.165) is 24.3 Å². The van der Waals surface area contributed by atoms with Crippen molar-refractivity contribution in [3.05, 3.63) is 29.6 Å². The summed E-state index contributed by atoms with van der Waals surface area (Å²) in [5.74, 6) is 0. The molecule has 0 aliphatic rings. The number of aromatic nitrogens is 1. The Balaban J connectivity index is 2.34. The maximum atomic E-state index is 5.55.